The fraction of sp³-hybridized carbons (Fsp3) is 0.556. The number of hydrogen-bond donors (Lipinski definition) is 1. The summed E-state index contributed by atoms with van der Waals surface area (Å²) in [5, 5.41) is 10.6. The zero-order chi connectivity index (χ0) is 18.0. The summed E-state index contributed by atoms with van der Waals surface area (Å²) < 4.78 is 2.34. The summed E-state index contributed by atoms with van der Waals surface area (Å²) in [5.41, 5.74) is 0.995. The van der Waals surface area contributed by atoms with Crippen LogP contribution in [0.15, 0.2) is 9.95 Å². The number of H-pyrrole nitrogens is 1. The van der Waals surface area contributed by atoms with Gasteiger partial charge < -0.3 is 9.55 Å². The zero-order valence-electron chi connectivity index (χ0n) is 15.1. The first-order valence-corrected chi connectivity index (χ1v) is 10.8. The molecule has 3 heterocycles. The highest BCUT2D eigenvalue weighted by Gasteiger charge is 2.36. The Morgan fingerprint density at radius 1 is 1.23 bits per heavy atom. The molecular formula is C18H21N5OS2. The summed E-state index contributed by atoms with van der Waals surface area (Å²) in [6.07, 6.45) is 4.89. The van der Waals surface area contributed by atoms with E-state index in [2.05, 4.69) is 26.7 Å². The maximum Gasteiger partial charge on any atom is 0.259 e. The lowest BCUT2D eigenvalue weighted by atomic mass is 10.2. The number of hydrogen-bond acceptors (Lipinski definition) is 6. The molecule has 3 aromatic rings. The first kappa shape index (κ1) is 16.5. The minimum Gasteiger partial charge on any atom is -0.309 e. The quantitative estimate of drug-likeness (QED) is 0.662. The van der Waals surface area contributed by atoms with Crippen LogP contribution in [0.25, 0.3) is 10.2 Å². The molecule has 5 rings (SSSR count). The average molecular weight is 388 g/mol. The van der Waals surface area contributed by atoms with E-state index in [1.165, 1.54) is 25.7 Å². The van der Waals surface area contributed by atoms with Crippen molar-refractivity contribution in [2.45, 2.75) is 68.8 Å². The molecule has 0 unspecified atom stereocenters. The number of thiophene rings is 1. The molecule has 0 aliphatic heterocycles. The number of nitrogens with zero attached hydrogens (tertiary/aromatic N) is 4. The van der Waals surface area contributed by atoms with Crippen molar-refractivity contribution < 1.29 is 0 Å². The van der Waals surface area contributed by atoms with E-state index < -0.39 is 0 Å². The van der Waals surface area contributed by atoms with Gasteiger partial charge in [-0.3, -0.25) is 4.79 Å². The standard InChI is InChI=1S/C18H21N5OS2/c1-8-9(2)25-17-13(8)16(24)19-14(20-17)10(3)26-18-22-21-15(11-4-5-11)23(18)12-6-7-12/h10-12H,4-7H2,1-3H3,(H,19,20,24)/t10-/m1/s1. The fourth-order valence-electron chi connectivity index (χ4n) is 3.34. The van der Waals surface area contributed by atoms with Crippen LogP contribution in [-0.2, 0) is 0 Å². The molecule has 8 heteroatoms. The van der Waals surface area contributed by atoms with Gasteiger partial charge in [0.1, 0.15) is 16.5 Å². The van der Waals surface area contributed by atoms with Crippen molar-refractivity contribution in [2.75, 3.05) is 0 Å². The Balaban J connectivity index is 1.48. The smallest absolute Gasteiger partial charge is 0.259 e. The lowest BCUT2D eigenvalue weighted by molar-refractivity contribution is 0.625. The lowest BCUT2D eigenvalue weighted by Gasteiger charge is -2.12. The molecule has 2 aliphatic rings. The van der Waals surface area contributed by atoms with Crippen molar-refractivity contribution in [3.8, 4) is 0 Å². The highest BCUT2D eigenvalue weighted by atomic mass is 32.2. The van der Waals surface area contributed by atoms with Crippen molar-refractivity contribution in [3.63, 3.8) is 0 Å². The van der Waals surface area contributed by atoms with Crippen molar-refractivity contribution in [3.05, 3.63) is 32.4 Å². The number of aromatic amines is 1. The van der Waals surface area contributed by atoms with Crippen LogP contribution in [0.4, 0.5) is 0 Å². The molecule has 0 spiro atoms. The maximum atomic E-state index is 12.5. The third kappa shape index (κ3) is 2.70. The predicted molar refractivity (Wildman–Crippen MR) is 104 cm³/mol. The molecule has 0 radical (unpaired) electrons. The maximum absolute atomic E-state index is 12.5. The van der Waals surface area contributed by atoms with Gasteiger partial charge in [0.25, 0.3) is 5.56 Å². The fourth-order valence-corrected chi connectivity index (χ4v) is 5.36. The second kappa shape index (κ2) is 5.92. The summed E-state index contributed by atoms with van der Waals surface area (Å²) >= 11 is 3.24. The van der Waals surface area contributed by atoms with Crippen molar-refractivity contribution in [1.82, 2.24) is 24.7 Å². The van der Waals surface area contributed by atoms with Gasteiger partial charge in [0, 0.05) is 16.8 Å². The van der Waals surface area contributed by atoms with E-state index in [9.17, 15) is 4.79 Å². The second-order valence-electron chi connectivity index (χ2n) is 7.39. The van der Waals surface area contributed by atoms with Crippen LogP contribution in [0.5, 0.6) is 0 Å². The summed E-state index contributed by atoms with van der Waals surface area (Å²) in [6, 6.07) is 0.562. The summed E-state index contributed by atoms with van der Waals surface area (Å²) in [6.45, 7) is 6.10. The third-order valence-electron chi connectivity index (χ3n) is 5.27. The molecule has 136 valence electrons. The van der Waals surface area contributed by atoms with Gasteiger partial charge in [0.15, 0.2) is 5.16 Å². The first-order valence-electron chi connectivity index (χ1n) is 9.14. The Kier molecular flexibility index (Phi) is 3.76. The summed E-state index contributed by atoms with van der Waals surface area (Å²) in [7, 11) is 0. The molecule has 2 fully saturated rings. The largest absolute Gasteiger partial charge is 0.309 e. The van der Waals surface area contributed by atoms with Gasteiger partial charge in [0.05, 0.1) is 10.6 Å². The number of aromatic nitrogens is 5. The van der Waals surface area contributed by atoms with E-state index in [1.807, 2.05) is 13.8 Å². The van der Waals surface area contributed by atoms with Crippen LogP contribution < -0.4 is 5.56 Å². The van der Waals surface area contributed by atoms with Crippen molar-refractivity contribution in [1.29, 1.82) is 0 Å². The number of aryl methyl sites for hydroxylation is 2. The SMILES string of the molecule is Cc1sc2nc([C@@H](C)Sc3nnc(C4CC4)n3C3CC3)[nH]c(=O)c2c1C. The number of thioether (sulfide) groups is 1. The number of nitrogens with one attached hydrogen (secondary N) is 1. The van der Waals surface area contributed by atoms with E-state index in [-0.39, 0.29) is 10.8 Å². The Morgan fingerprint density at radius 2 is 2.00 bits per heavy atom. The predicted octanol–water partition coefficient (Wildman–Crippen LogP) is 4.26. The number of rotatable bonds is 5. The van der Waals surface area contributed by atoms with Crippen LogP contribution >= 0.6 is 23.1 Å². The third-order valence-corrected chi connectivity index (χ3v) is 7.44. The molecule has 0 amide bonds. The molecule has 2 aliphatic carbocycles. The topological polar surface area (TPSA) is 76.5 Å². The van der Waals surface area contributed by atoms with Gasteiger partial charge in [0.2, 0.25) is 0 Å². The van der Waals surface area contributed by atoms with Gasteiger partial charge in [-0.15, -0.1) is 21.5 Å². The Hall–Kier alpha value is -1.67. The normalized spacial score (nSPS) is 18.6. The van der Waals surface area contributed by atoms with E-state index in [4.69, 9.17) is 4.98 Å². The molecule has 0 aromatic carbocycles. The van der Waals surface area contributed by atoms with Crippen LogP contribution in [0.2, 0.25) is 0 Å². The molecule has 3 aromatic heterocycles. The first-order chi connectivity index (χ1) is 12.5. The van der Waals surface area contributed by atoms with Crippen molar-refractivity contribution >= 4 is 33.3 Å². The Morgan fingerprint density at radius 3 is 2.69 bits per heavy atom. The molecule has 0 saturated heterocycles. The van der Waals surface area contributed by atoms with Gasteiger partial charge >= 0.3 is 0 Å². The Bertz CT molecular complexity index is 1060. The summed E-state index contributed by atoms with van der Waals surface area (Å²) in [4.78, 5) is 22.3. The lowest BCUT2D eigenvalue weighted by Crippen LogP contribution is -2.13. The van der Waals surface area contributed by atoms with Crippen LogP contribution in [-0.4, -0.2) is 24.7 Å². The number of fused-ring (bicyclic) bond motifs is 1. The molecule has 1 N–H and O–H groups in total. The van der Waals surface area contributed by atoms with Crippen LogP contribution in [0, 0.1) is 13.8 Å². The van der Waals surface area contributed by atoms with Crippen molar-refractivity contribution in [2.24, 2.45) is 0 Å². The van der Waals surface area contributed by atoms with Gasteiger partial charge in [-0.1, -0.05) is 11.8 Å². The van der Waals surface area contributed by atoms with E-state index >= 15 is 0 Å². The molecule has 26 heavy (non-hydrogen) atoms. The zero-order valence-corrected chi connectivity index (χ0v) is 16.7. The molecule has 6 nitrogen and oxygen atoms in total. The second-order valence-corrected chi connectivity index (χ2v) is 9.90. The molecule has 1 atom stereocenters. The van der Waals surface area contributed by atoms with Crippen LogP contribution in [0.3, 0.4) is 0 Å². The van der Waals surface area contributed by atoms with E-state index in [1.54, 1.807) is 23.1 Å². The minimum atomic E-state index is -0.0402. The van der Waals surface area contributed by atoms with E-state index in [0.717, 1.165) is 31.6 Å². The molecule has 2 saturated carbocycles. The summed E-state index contributed by atoms with van der Waals surface area (Å²) in [5.74, 6) is 2.47. The minimum absolute atomic E-state index is 0.0172. The molecule has 0 bridgehead atoms. The average Bonchev–Trinajstić information content (AvgIpc) is 3.53. The van der Waals surface area contributed by atoms with E-state index in [0.29, 0.717) is 17.8 Å². The molecular weight excluding hydrogens is 366 g/mol. The van der Waals surface area contributed by atoms with Crippen LogP contribution in [0.1, 0.15) is 71.9 Å². The Labute approximate surface area is 159 Å². The monoisotopic (exact) mass is 387 g/mol. The van der Waals surface area contributed by atoms with Gasteiger partial charge in [-0.2, -0.15) is 0 Å². The highest BCUT2D eigenvalue weighted by Crippen LogP contribution is 2.47. The van der Waals surface area contributed by atoms with Gasteiger partial charge in [-0.05, 0) is 52.0 Å². The highest BCUT2D eigenvalue weighted by molar-refractivity contribution is 7.99. The van der Waals surface area contributed by atoms with Gasteiger partial charge in [-0.25, -0.2) is 4.98 Å².